The lowest BCUT2D eigenvalue weighted by Gasteiger charge is -2.26. The van der Waals surface area contributed by atoms with Crippen LogP contribution in [0, 0.1) is 5.41 Å². The van der Waals surface area contributed by atoms with Gasteiger partial charge >= 0.3 is 0 Å². The van der Waals surface area contributed by atoms with Crippen molar-refractivity contribution >= 4 is 28.8 Å². The van der Waals surface area contributed by atoms with Crippen LogP contribution < -0.4 is 10.6 Å². The van der Waals surface area contributed by atoms with Gasteiger partial charge in [0.25, 0.3) is 5.92 Å². The minimum Gasteiger partial charge on any atom is -0.354 e. The fourth-order valence-electron chi connectivity index (χ4n) is 4.30. The summed E-state index contributed by atoms with van der Waals surface area (Å²) in [4.78, 5) is 49.9. The number of para-hydroxylation sites is 1. The Labute approximate surface area is 206 Å². The molecule has 3 aromatic rings. The molecule has 1 aromatic carbocycles. The molecule has 8 nitrogen and oxygen atoms in total. The Morgan fingerprint density at radius 3 is 2.47 bits per heavy atom. The molecule has 2 heterocycles. The number of anilines is 2. The molecule has 36 heavy (non-hydrogen) atoms. The highest BCUT2D eigenvalue weighted by Gasteiger charge is 2.46. The maximum atomic E-state index is 13.9. The summed E-state index contributed by atoms with van der Waals surface area (Å²) < 4.78 is 27.7. The van der Waals surface area contributed by atoms with Gasteiger partial charge in [-0.15, -0.1) is 0 Å². The summed E-state index contributed by atoms with van der Waals surface area (Å²) in [5.41, 5.74) is 0.348. The number of carbonyl (C=O) groups is 3. The van der Waals surface area contributed by atoms with Gasteiger partial charge in [-0.05, 0) is 24.6 Å². The number of amides is 1. The normalized spacial score (nSPS) is 17.6. The van der Waals surface area contributed by atoms with Crippen LogP contribution >= 0.6 is 0 Å². The van der Waals surface area contributed by atoms with Crippen LogP contribution in [0.1, 0.15) is 54.2 Å². The Balaban J connectivity index is 1.41. The molecule has 1 aliphatic carbocycles. The fourth-order valence-corrected chi connectivity index (χ4v) is 4.30. The number of hydrogen-bond acceptors (Lipinski definition) is 7. The molecule has 2 N–H and O–H groups in total. The number of ketones is 2. The van der Waals surface area contributed by atoms with Crippen LogP contribution in [0.2, 0.25) is 0 Å². The van der Waals surface area contributed by atoms with E-state index >= 15 is 0 Å². The Hall–Kier alpha value is -4.08. The number of Topliss-reactive ketones (excluding diaryl/α,β-unsaturated/α-hetero) is 2. The molecule has 4 rings (SSSR count). The Morgan fingerprint density at radius 1 is 1.08 bits per heavy atom. The summed E-state index contributed by atoms with van der Waals surface area (Å²) in [6.45, 7) is 0.921. The number of nitrogens with zero attached hydrogens (tertiary/aromatic N) is 3. The lowest BCUT2D eigenvalue weighted by Crippen LogP contribution is -2.41. The van der Waals surface area contributed by atoms with E-state index in [1.807, 2.05) is 0 Å². The van der Waals surface area contributed by atoms with E-state index in [9.17, 15) is 23.2 Å². The van der Waals surface area contributed by atoms with Crippen LogP contribution in [0.4, 0.5) is 20.2 Å². The van der Waals surface area contributed by atoms with Crippen molar-refractivity contribution in [1.82, 2.24) is 20.3 Å². The van der Waals surface area contributed by atoms with Gasteiger partial charge in [-0.2, -0.15) is 0 Å². The molecule has 0 saturated heterocycles. The maximum absolute atomic E-state index is 13.9. The molecule has 1 unspecified atom stereocenters. The molecule has 1 saturated carbocycles. The minimum absolute atomic E-state index is 0.00395. The van der Waals surface area contributed by atoms with Gasteiger partial charge in [0.1, 0.15) is 12.1 Å². The maximum Gasteiger partial charge on any atom is 0.272 e. The molecule has 10 heteroatoms. The van der Waals surface area contributed by atoms with Crippen LogP contribution in [0.5, 0.6) is 0 Å². The monoisotopic (exact) mass is 493 g/mol. The number of aromatic nitrogens is 3. The van der Waals surface area contributed by atoms with Gasteiger partial charge in [-0.1, -0.05) is 18.2 Å². The molecule has 2 aromatic heterocycles. The lowest BCUT2D eigenvalue weighted by molar-refractivity contribution is -0.132. The summed E-state index contributed by atoms with van der Waals surface area (Å²) in [6, 6.07) is 9.47. The number of carbonyl (C=O) groups excluding carboxylic acids is 3. The van der Waals surface area contributed by atoms with Gasteiger partial charge in [-0.25, -0.2) is 18.7 Å². The number of alkyl halides is 2. The number of halogens is 2. The third-order valence-electron chi connectivity index (χ3n) is 6.21. The first-order chi connectivity index (χ1) is 17.2. The first-order valence-electron chi connectivity index (χ1n) is 11.4. The molecule has 1 atom stereocenters. The predicted octanol–water partition coefficient (Wildman–Crippen LogP) is 4.36. The van der Waals surface area contributed by atoms with Crippen LogP contribution in [0.15, 0.2) is 61.3 Å². The molecule has 0 aliphatic heterocycles. The fraction of sp³-hybridized carbons (Fsp3) is 0.308. The number of nitrogens with one attached hydrogen (secondary N) is 2. The number of pyridine rings is 1. The van der Waals surface area contributed by atoms with Crippen LogP contribution in [0.25, 0.3) is 0 Å². The standard InChI is InChI=1S/C26H25F2N5O3/c1-25(27,28)21-4-2-3-5-22(21)33-19-7-6-18(31-15-19)14-32-24(36)26(9-8-20(34)10-26)11-23(35)17-12-29-16-30-13-17/h2-7,12-13,15-16,33H,8-11,14H2,1H3,(H,32,36). The smallest absolute Gasteiger partial charge is 0.272 e. The summed E-state index contributed by atoms with van der Waals surface area (Å²) in [5, 5.41) is 5.75. The van der Waals surface area contributed by atoms with Crippen molar-refractivity contribution in [2.45, 2.75) is 45.1 Å². The SMILES string of the molecule is CC(F)(F)c1ccccc1Nc1ccc(CNC(=O)C2(CC(=O)c3cncnc3)CCC(=O)C2)nc1. The zero-order chi connectivity index (χ0) is 25.8. The van der Waals surface area contributed by atoms with Crippen molar-refractivity contribution < 1.29 is 23.2 Å². The highest BCUT2D eigenvalue weighted by Crippen LogP contribution is 2.40. The number of hydrogen-bond donors (Lipinski definition) is 2. The van der Waals surface area contributed by atoms with E-state index in [0.717, 1.165) is 6.92 Å². The molecule has 1 amide bonds. The zero-order valence-electron chi connectivity index (χ0n) is 19.6. The Bertz CT molecular complexity index is 1260. The summed E-state index contributed by atoms with van der Waals surface area (Å²) in [5.74, 6) is -3.75. The summed E-state index contributed by atoms with van der Waals surface area (Å²) in [6.07, 6.45) is 5.97. The minimum atomic E-state index is -3.01. The molecule has 0 bridgehead atoms. The first kappa shape index (κ1) is 25.0. The van der Waals surface area contributed by atoms with Crippen molar-refractivity contribution in [3.05, 3.63) is 78.1 Å². The molecule has 0 spiro atoms. The van der Waals surface area contributed by atoms with Crippen molar-refractivity contribution in [2.75, 3.05) is 5.32 Å². The quantitative estimate of drug-likeness (QED) is 0.426. The van der Waals surface area contributed by atoms with Crippen LogP contribution in [0.3, 0.4) is 0 Å². The summed E-state index contributed by atoms with van der Waals surface area (Å²) >= 11 is 0. The van der Waals surface area contributed by atoms with Gasteiger partial charge in [0.2, 0.25) is 5.91 Å². The molecular weight excluding hydrogens is 468 g/mol. The van der Waals surface area contributed by atoms with Crippen molar-refractivity contribution in [2.24, 2.45) is 5.41 Å². The molecular formula is C26H25F2N5O3. The Kier molecular flexibility index (Phi) is 7.14. The molecule has 1 aliphatic rings. The van der Waals surface area contributed by atoms with E-state index in [-0.39, 0.29) is 66.5 Å². The second kappa shape index (κ2) is 10.3. The van der Waals surface area contributed by atoms with Gasteiger partial charge in [0.05, 0.1) is 35.1 Å². The highest BCUT2D eigenvalue weighted by atomic mass is 19.3. The highest BCUT2D eigenvalue weighted by molar-refractivity contribution is 6.02. The molecule has 1 fully saturated rings. The second-order valence-electron chi connectivity index (χ2n) is 9.00. The van der Waals surface area contributed by atoms with E-state index in [1.54, 1.807) is 30.3 Å². The van der Waals surface area contributed by atoms with Crippen LogP contribution in [-0.2, 0) is 22.1 Å². The second-order valence-corrected chi connectivity index (χ2v) is 9.00. The van der Waals surface area contributed by atoms with Crippen molar-refractivity contribution in [3.8, 4) is 0 Å². The average molecular weight is 494 g/mol. The topological polar surface area (TPSA) is 114 Å². The largest absolute Gasteiger partial charge is 0.354 e. The van der Waals surface area contributed by atoms with Crippen molar-refractivity contribution in [1.29, 1.82) is 0 Å². The third kappa shape index (κ3) is 5.76. The molecule has 186 valence electrons. The van der Waals surface area contributed by atoms with Gasteiger partial charge in [0.15, 0.2) is 5.78 Å². The van der Waals surface area contributed by atoms with E-state index in [4.69, 9.17) is 0 Å². The average Bonchev–Trinajstić information content (AvgIpc) is 3.25. The van der Waals surface area contributed by atoms with Gasteiger partial charge < -0.3 is 10.6 Å². The van der Waals surface area contributed by atoms with E-state index < -0.39 is 11.3 Å². The third-order valence-corrected chi connectivity index (χ3v) is 6.21. The van der Waals surface area contributed by atoms with Crippen molar-refractivity contribution in [3.63, 3.8) is 0 Å². The van der Waals surface area contributed by atoms with E-state index in [2.05, 4.69) is 25.6 Å². The lowest BCUT2D eigenvalue weighted by atomic mass is 9.79. The zero-order valence-corrected chi connectivity index (χ0v) is 19.6. The van der Waals surface area contributed by atoms with Gasteiger partial charge in [-0.3, -0.25) is 19.4 Å². The molecule has 0 radical (unpaired) electrons. The van der Waals surface area contributed by atoms with E-state index in [0.29, 0.717) is 11.4 Å². The predicted molar refractivity (Wildman–Crippen MR) is 128 cm³/mol. The van der Waals surface area contributed by atoms with E-state index in [1.165, 1.54) is 31.0 Å². The first-order valence-corrected chi connectivity index (χ1v) is 11.4. The van der Waals surface area contributed by atoms with Crippen LogP contribution in [-0.4, -0.2) is 32.4 Å². The summed E-state index contributed by atoms with van der Waals surface area (Å²) in [7, 11) is 0. The number of benzene rings is 1. The Morgan fingerprint density at radius 2 is 1.83 bits per heavy atom. The van der Waals surface area contributed by atoms with Gasteiger partial charge in [0, 0.05) is 49.8 Å². The number of rotatable bonds is 9.